The fraction of sp³-hybridized carbons (Fsp3) is 0.533. The van der Waals surface area contributed by atoms with E-state index in [1.165, 1.54) is 22.3 Å². The van der Waals surface area contributed by atoms with Crippen molar-refractivity contribution in [3.8, 4) is 0 Å². The SMILES string of the molecule is Cc1cc(C)c(CNNC(=O)C(C)(C)C)c(C)c1. The highest BCUT2D eigenvalue weighted by Gasteiger charge is 2.20. The second kappa shape index (κ2) is 5.53. The van der Waals surface area contributed by atoms with Crippen molar-refractivity contribution < 1.29 is 4.79 Å². The lowest BCUT2D eigenvalue weighted by Gasteiger charge is -2.19. The van der Waals surface area contributed by atoms with Crippen molar-refractivity contribution in [1.29, 1.82) is 0 Å². The molecule has 0 atom stereocenters. The monoisotopic (exact) mass is 248 g/mol. The zero-order valence-corrected chi connectivity index (χ0v) is 12.3. The first-order valence-electron chi connectivity index (χ1n) is 6.32. The third-order valence-electron chi connectivity index (χ3n) is 2.99. The minimum Gasteiger partial charge on any atom is -0.291 e. The van der Waals surface area contributed by atoms with E-state index in [1.54, 1.807) is 0 Å². The van der Waals surface area contributed by atoms with Crippen LogP contribution >= 0.6 is 0 Å². The number of aryl methyl sites for hydroxylation is 3. The molecular formula is C15H24N2O. The highest BCUT2D eigenvalue weighted by atomic mass is 16.2. The molecule has 0 aromatic heterocycles. The zero-order chi connectivity index (χ0) is 13.9. The van der Waals surface area contributed by atoms with E-state index in [2.05, 4.69) is 43.8 Å². The molecule has 0 saturated heterocycles. The van der Waals surface area contributed by atoms with Crippen LogP contribution in [0.25, 0.3) is 0 Å². The van der Waals surface area contributed by atoms with Crippen molar-refractivity contribution in [3.05, 3.63) is 34.4 Å². The molecule has 1 aromatic rings. The van der Waals surface area contributed by atoms with Crippen LogP contribution in [0.3, 0.4) is 0 Å². The number of benzene rings is 1. The zero-order valence-electron chi connectivity index (χ0n) is 12.3. The van der Waals surface area contributed by atoms with Gasteiger partial charge in [-0.2, -0.15) is 0 Å². The summed E-state index contributed by atoms with van der Waals surface area (Å²) in [6.45, 7) is 12.6. The molecule has 0 spiro atoms. The summed E-state index contributed by atoms with van der Waals surface area (Å²) in [6.07, 6.45) is 0. The molecule has 0 fully saturated rings. The summed E-state index contributed by atoms with van der Waals surface area (Å²) >= 11 is 0. The molecule has 0 saturated carbocycles. The van der Waals surface area contributed by atoms with Crippen LogP contribution < -0.4 is 10.9 Å². The van der Waals surface area contributed by atoms with Crippen LogP contribution in [-0.4, -0.2) is 5.91 Å². The maximum Gasteiger partial charge on any atom is 0.239 e. The summed E-state index contributed by atoms with van der Waals surface area (Å²) in [6, 6.07) is 4.32. The van der Waals surface area contributed by atoms with Gasteiger partial charge in [0.05, 0.1) is 0 Å². The number of hydrazine groups is 1. The highest BCUT2D eigenvalue weighted by molar-refractivity contribution is 5.80. The number of carbonyl (C=O) groups excluding carboxylic acids is 1. The van der Waals surface area contributed by atoms with Gasteiger partial charge in [0.25, 0.3) is 0 Å². The lowest BCUT2D eigenvalue weighted by Crippen LogP contribution is -2.43. The van der Waals surface area contributed by atoms with E-state index in [0.717, 1.165) is 0 Å². The topological polar surface area (TPSA) is 41.1 Å². The van der Waals surface area contributed by atoms with E-state index < -0.39 is 0 Å². The molecular weight excluding hydrogens is 224 g/mol. The van der Waals surface area contributed by atoms with Gasteiger partial charge in [-0.25, -0.2) is 5.43 Å². The van der Waals surface area contributed by atoms with Crippen molar-refractivity contribution in [2.75, 3.05) is 0 Å². The Balaban J connectivity index is 2.63. The molecule has 3 heteroatoms. The Morgan fingerprint density at radius 2 is 1.61 bits per heavy atom. The van der Waals surface area contributed by atoms with Gasteiger partial charge < -0.3 is 0 Å². The van der Waals surface area contributed by atoms with Gasteiger partial charge in [0, 0.05) is 12.0 Å². The lowest BCUT2D eigenvalue weighted by molar-refractivity contribution is -0.129. The molecule has 3 nitrogen and oxygen atoms in total. The molecule has 2 N–H and O–H groups in total. The smallest absolute Gasteiger partial charge is 0.239 e. The fourth-order valence-corrected chi connectivity index (χ4v) is 1.89. The number of hydrogen-bond donors (Lipinski definition) is 2. The van der Waals surface area contributed by atoms with Gasteiger partial charge in [0.2, 0.25) is 5.91 Å². The van der Waals surface area contributed by atoms with Gasteiger partial charge in [-0.15, -0.1) is 0 Å². The summed E-state index contributed by atoms with van der Waals surface area (Å²) in [7, 11) is 0. The van der Waals surface area contributed by atoms with Gasteiger partial charge in [-0.1, -0.05) is 38.5 Å². The summed E-state index contributed by atoms with van der Waals surface area (Å²) in [5, 5.41) is 0. The fourth-order valence-electron chi connectivity index (χ4n) is 1.89. The van der Waals surface area contributed by atoms with Crippen LogP contribution in [0.15, 0.2) is 12.1 Å². The average molecular weight is 248 g/mol. The molecule has 0 aliphatic heterocycles. The average Bonchev–Trinajstić information content (AvgIpc) is 2.19. The molecule has 0 aliphatic carbocycles. The first-order valence-corrected chi connectivity index (χ1v) is 6.32. The second-order valence-electron chi connectivity index (χ2n) is 5.93. The van der Waals surface area contributed by atoms with E-state index >= 15 is 0 Å². The summed E-state index contributed by atoms with van der Waals surface area (Å²) in [4.78, 5) is 11.7. The van der Waals surface area contributed by atoms with Gasteiger partial charge >= 0.3 is 0 Å². The number of amides is 1. The molecule has 0 bridgehead atoms. The first kappa shape index (κ1) is 14.7. The molecule has 1 amide bonds. The normalized spacial score (nSPS) is 11.4. The van der Waals surface area contributed by atoms with Crippen LogP contribution in [0.5, 0.6) is 0 Å². The quantitative estimate of drug-likeness (QED) is 0.808. The van der Waals surface area contributed by atoms with Crippen LogP contribution in [0.1, 0.15) is 43.0 Å². The molecule has 1 aromatic carbocycles. The maximum absolute atomic E-state index is 11.7. The largest absolute Gasteiger partial charge is 0.291 e. The van der Waals surface area contributed by atoms with Crippen molar-refractivity contribution in [2.24, 2.45) is 5.41 Å². The van der Waals surface area contributed by atoms with Gasteiger partial charge in [0.15, 0.2) is 0 Å². The Morgan fingerprint density at radius 1 is 1.11 bits per heavy atom. The Bertz CT molecular complexity index is 421. The first-order chi connectivity index (χ1) is 8.21. The van der Waals surface area contributed by atoms with Crippen LogP contribution in [0.4, 0.5) is 0 Å². The van der Waals surface area contributed by atoms with Crippen molar-refractivity contribution >= 4 is 5.91 Å². The third kappa shape index (κ3) is 3.84. The van der Waals surface area contributed by atoms with E-state index in [4.69, 9.17) is 0 Å². The van der Waals surface area contributed by atoms with Gasteiger partial charge in [-0.3, -0.25) is 10.2 Å². The number of hydrogen-bond acceptors (Lipinski definition) is 2. The Labute approximate surface area is 110 Å². The molecule has 0 aliphatic rings. The maximum atomic E-state index is 11.7. The van der Waals surface area contributed by atoms with Crippen LogP contribution in [-0.2, 0) is 11.3 Å². The third-order valence-corrected chi connectivity index (χ3v) is 2.99. The van der Waals surface area contributed by atoms with E-state index in [1.807, 2.05) is 20.8 Å². The minimum absolute atomic E-state index is 0.00455. The molecule has 0 radical (unpaired) electrons. The molecule has 18 heavy (non-hydrogen) atoms. The number of carbonyl (C=O) groups is 1. The standard InChI is InChI=1S/C15H24N2O/c1-10-7-11(2)13(12(3)8-10)9-16-17-14(18)15(4,5)6/h7-8,16H,9H2,1-6H3,(H,17,18). The molecule has 0 unspecified atom stereocenters. The van der Waals surface area contributed by atoms with Gasteiger partial charge in [0.1, 0.15) is 0 Å². The number of nitrogens with one attached hydrogen (secondary N) is 2. The van der Waals surface area contributed by atoms with Crippen molar-refractivity contribution in [1.82, 2.24) is 10.9 Å². The van der Waals surface area contributed by atoms with E-state index in [9.17, 15) is 4.79 Å². The molecule has 1 rings (SSSR count). The summed E-state index contributed by atoms with van der Waals surface area (Å²) in [5.41, 5.74) is 10.4. The van der Waals surface area contributed by atoms with Gasteiger partial charge in [-0.05, 0) is 37.5 Å². The number of rotatable bonds is 3. The molecule has 100 valence electrons. The predicted octanol–water partition coefficient (Wildman–Crippen LogP) is 2.78. The predicted molar refractivity (Wildman–Crippen MR) is 75.1 cm³/mol. The Morgan fingerprint density at radius 3 is 2.06 bits per heavy atom. The summed E-state index contributed by atoms with van der Waals surface area (Å²) in [5.74, 6) is 0.00455. The minimum atomic E-state index is -0.371. The van der Waals surface area contributed by atoms with Crippen LogP contribution in [0.2, 0.25) is 0 Å². The highest BCUT2D eigenvalue weighted by Crippen LogP contribution is 2.16. The second-order valence-corrected chi connectivity index (χ2v) is 5.93. The lowest BCUT2D eigenvalue weighted by atomic mass is 9.96. The van der Waals surface area contributed by atoms with Crippen LogP contribution in [0, 0.1) is 26.2 Å². The van der Waals surface area contributed by atoms with E-state index in [0.29, 0.717) is 6.54 Å². The van der Waals surface area contributed by atoms with Crippen molar-refractivity contribution in [2.45, 2.75) is 48.1 Å². The Kier molecular flexibility index (Phi) is 4.52. The summed E-state index contributed by atoms with van der Waals surface area (Å²) < 4.78 is 0. The van der Waals surface area contributed by atoms with Crippen molar-refractivity contribution in [3.63, 3.8) is 0 Å². The van der Waals surface area contributed by atoms with E-state index in [-0.39, 0.29) is 11.3 Å². The Hall–Kier alpha value is -1.35. The molecule has 0 heterocycles.